The number of rotatable bonds is 2. The Labute approximate surface area is 115 Å². The second-order valence-corrected chi connectivity index (χ2v) is 4.78. The maximum atomic E-state index is 10.9. The topological polar surface area (TPSA) is 74.3 Å². The maximum absolute atomic E-state index is 10.9. The summed E-state index contributed by atoms with van der Waals surface area (Å²) in [4.78, 5) is 10.9. The zero-order valence-electron chi connectivity index (χ0n) is 7.75. The van der Waals surface area contributed by atoms with Crippen molar-refractivity contribution in [3.63, 3.8) is 0 Å². The van der Waals surface area contributed by atoms with Gasteiger partial charge < -0.3 is 4.55 Å². The first-order valence-corrected chi connectivity index (χ1v) is 4.67. The molecule has 0 heterocycles. The van der Waals surface area contributed by atoms with E-state index in [0.717, 1.165) is 0 Å². The minimum Gasteiger partial charge on any atom is -0.748 e. The minimum atomic E-state index is -4.41. The van der Waals surface area contributed by atoms with Crippen LogP contribution >= 0.6 is 0 Å². The molecule has 0 atom stereocenters. The van der Waals surface area contributed by atoms with Gasteiger partial charge in [0.2, 0.25) is 0 Å². The average Bonchev–Trinajstić information content (AvgIpc) is 1.56. The molecule has 6 heteroatoms. The van der Waals surface area contributed by atoms with Gasteiger partial charge in [-0.3, -0.25) is 4.79 Å². The summed E-state index contributed by atoms with van der Waals surface area (Å²) >= 11 is 0. The Balaban J connectivity index is 0. The summed E-state index contributed by atoms with van der Waals surface area (Å²) in [5.41, 5.74) is -0.752. The number of carbonyl (C=O) groups excluding carboxylic acids is 1. The fraction of sp³-hybridized carbons (Fsp3) is 0.833. The van der Waals surface area contributed by atoms with Crippen LogP contribution in [0.5, 0.6) is 0 Å². The minimum absolute atomic E-state index is 0. The van der Waals surface area contributed by atoms with Gasteiger partial charge in [0, 0.05) is 5.41 Å². The van der Waals surface area contributed by atoms with Gasteiger partial charge in [-0.05, 0) is 0 Å². The van der Waals surface area contributed by atoms with E-state index >= 15 is 0 Å². The SMILES string of the molecule is CC(C)(C)C(=O)CS(=O)(=O)[O-].[K+]. The van der Waals surface area contributed by atoms with E-state index in [9.17, 15) is 17.8 Å². The summed E-state index contributed by atoms with van der Waals surface area (Å²) in [5, 5.41) is 0. The second-order valence-electron chi connectivity index (χ2n) is 3.38. The number of Topliss-reactive ketones (excluding diaryl/α,β-unsaturated/α-hetero) is 1. The number of hydrogen-bond donors (Lipinski definition) is 0. The van der Waals surface area contributed by atoms with Crippen molar-refractivity contribution in [3.8, 4) is 0 Å². The second kappa shape index (κ2) is 5.19. The van der Waals surface area contributed by atoms with Gasteiger partial charge in [-0.15, -0.1) is 0 Å². The fourth-order valence-corrected chi connectivity index (χ4v) is 1.13. The Morgan fingerprint density at radius 1 is 1.33 bits per heavy atom. The van der Waals surface area contributed by atoms with Crippen molar-refractivity contribution in [1.29, 1.82) is 0 Å². The quantitative estimate of drug-likeness (QED) is 0.369. The van der Waals surface area contributed by atoms with E-state index in [-0.39, 0.29) is 51.4 Å². The molecule has 0 saturated heterocycles. The van der Waals surface area contributed by atoms with Crippen LogP contribution in [0.3, 0.4) is 0 Å². The van der Waals surface area contributed by atoms with E-state index in [1.807, 2.05) is 0 Å². The molecule has 0 N–H and O–H groups in total. The molecule has 0 unspecified atom stereocenters. The molecule has 0 spiro atoms. The van der Waals surface area contributed by atoms with Crippen LogP contribution in [0.1, 0.15) is 20.8 Å². The van der Waals surface area contributed by atoms with Crippen LogP contribution in [0.25, 0.3) is 0 Å². The van der Waals surface area contributed by atoms with Crippen molar-refractivity contribution < 1.29 is 69.1 Å². The summed E-state index contributed by atoms with van der Waals surface area (Å²) in [6.45, 7) is 4.71. The van der Waals surface area contributed by atoms with E-state index in [0.29, 0.717) is 0 Å². The van der Waals surface area contributed by atoms with Crippen molar-refractivity contribution in [2.75, 3.05) is 5.75 Å². The van der Waals surface area contributed by atoms with E-state index in [4.69, 9.17) is 0 Å². The fourth-order valence-electron chi connectivity index (χ4n) is 0.377. The molecule has 0 radical (unpaired) electrons. The summed E-state index contributed by atoms with van der Waals surface area (Å²) < 4.78 is 30.3. The van der Waals surface area contributed by atoms with Gasteiger partial charge in [-0.1, -0.05) is 20.8 Å². The molecular weight excluding hydrogens is 207 g/mol. The van der Waals surface area contributed by atoms with Crippen LogP contribution in [0.2, 0.25) is 0 Å². The van der Waals surface area contributed by atoms with E-state index < -0.39 is 27.1 Å². The Bertz CT molecular complexity index is 249. The molecule has 0 amide bonds. The van der Waals surface area contributed by atoms with Crippen molar-refractivity contribution in [2.24, 2.45) is 5.41 Å². The molecule has 0 aromatic carbocycles. The monoisotopic (exact) mass is 218 g/mol. The van der Waals surface area contributed by atoms with Gasteiger partial charge in [0.25, 0.3) is 0 Å². The molecule has 0 rings (SSSR count). The van der Waals surface area contributed by atoms with Crippen LogP contribution in [0, 0.1) is 5.41 Å². The smallest absolute Gasteiger partial charge is 0.748 e. The molecule has 0 aliphatic carbocycles. The van der Waals surface area contributed by atoms with Crippen molar-refractivity contribution in [2.45, 2.75) is 20.8 Å². The van der Waals surface area contributed by atoms with E-state index in [2.05, 4.69) is 0 Å². The van der Waals surface area contributed by atoms with Crippen LogP contribution in [0.4, 0.5) is 0 Å². The molecular formula is C6H11KO4S. The van der Waals surface area contributed by atoms with Crippen LogP contribution in [-0.4, -0.2) is 24.5 Å². The first kappa shape index (κ1) is 15.7. The Morgan fingerprint density at radius 3 is 1.75 bits per heavy atom. The molecule has 12 heavy (non-hydrogen) atoms. The number of ketones is 1. The molecule has 0 aromatic heterocycles. The summed E-state index contributed by atoms with van der Waals surface area (Å²) in [6.07, 6.45) is 0. The zero-order valence-corrected chi connectivity index (χ0v) is 11.7. The number of hydrogen-bond acceptors (Lipinski definition) is 4. The third kappa shape index (κ3) is 7.84. The first-order valence-electron chi connectivity index (χ1n) is 3.10. The Hall–Kier alpha value is 1.22. The maximum Gasteiger partial charge on any atom is 1.00 e. The van der Waals surface area contributed by atoms with Crippen LogP contribution < -0.4 is 51.4 Å². The molecule has 4 nitrogen and oxygen atoms in total. The van der Waals surface area contributed by atoms with Crippen LogP contribution in [-0.2, 0) is 14.9 Å². The van der Waals surface area contributed by atoms with Gasteiger partial charge in [-0.2, -0.15) is 0 Å². The zero-order chi connectivity index (χ0) is 9.28. The molecule has 0 saturated carbocycles. The van der Waals surface area contributed by atoms with Gasteiger partial charge in [0.15, 0.2) is 5.78 Å². The third-order valence-electron chi connectivity index (χ3n) is 1.14. The summed E-state index contributed by atoms with van der Waals surface area (Å²) in [6, 6.07) is 0. The van der Waals surface area contributed by atoms with Gasteiger partial charge in [0.1, 0.15) is 10.1 Å². The van der Waals surface area contributed by atoms with Gasteiger partial charge >= 0.3 is 51.4 Å². The van der Waals surface area contributed by atoms with Gasteiger partial charge in [-0.25, -0.2) is 8.42 Å². The molecule has 0 fully saturated rings. The molecule has 0 aliphatic rings. The third-order valence-corrected chi connectivity index (χ3v) is 1.76. The Kier molecular flexibility index (Phi) is 6.77. The normalized spacial score (nSPS) is 12.0. The predicted molar refractivity (Wildman–Crippen MR) is 39.0 cm³/mol. The first-order chi connectivity index (χ1) is 4.63. The molecule has 0 bridgehead atoms. The molecule has 0 aliphatic heterocycles. The predicted octanol–water partition coefficient (Wildman–Crippen LogP) is -2.85. The number of carbonyl (C=O) groups is 1. The summed E-state index contributed by atoms with van der Waals surface area (Å²) in [7, 11) is -4.41. The van der Waals surface area contributed by atoms with Crippen LogP contribution in [0.15, 0.2) is 0 Å². The van der Waals surface area contributed by atoms with Crippen molar-refractivity contribution >= 4 is 15.9 Å². The Morgan fingerprint density at radius 2 is 1.67 bits per heavy atom. The summed E-state index contributed by atoms with van der Waals surface area (Å²) in [5.74, 6) is -1.45. The van der Waals surface area contributed by atoms with Crippen molar-refractivity contribution in [3.05, 3.63) is 0 Å². The van der Waals surface area contributed by atoms with Crippen molar-refractivity contribution in [1.82, 2.24) is 0 Å². The molecule has 0 aromatic rings. The molecule has 66 valence electrons. The average molecular weight is 218 g/mol. The van der Waals surface area contributed by atoms with E-state index in [1.165, 1.54) is 0 Å². The largest absolute Gasteiger partial charge is 1.00 e. The van der Waals surface area contributed by atoms with Gasteiger partial charge in [0.05, 0.1) is 5.75 Å². The van der Waals surface area contributed by atoms with E-state index in [1.54, 1.807) is 20.8 Å². The standard InChI is InChI=1S/C6H12O4S.K/c1-6(2,3)5(7)4-11(8,9)10;/h4H2,1-3H3,(H,8,9,10);/q;+1/p-1.